The zero-order chi connectivity index (χ0) is 27.8. The van der Waals surface area contributed by atoms with Gasteiger partial charge in [-0.05, 0) is 38.2 Å². The molecule has 3 heterocycles. The van der Waals surface area contributed by atoms with Gasteiger partial charge in [-0.25, -0.2) is 0 Å². The Hall–Kier alpha value is -3.62. The second-order valence-electron chi connectivity index (χ2n) is 9.59. The Labute approximate surface area is 232 Å². The number of amidine groups is 1. The SMILES string of the molecule is COCCOC(=O)C(C#N)C(=N[C@H]1CCCCN(CC(=O)N2CCCC2)C1=O)Nc1cccc2c(Cl)c[nH]c12. The van der Waals surface area contributed by atoms with E-state index in [4.69, 9.17) is 21.1 Å². The molecule has 2 N–H and O–H groups in total. The molecule has 0 saturated carbocycles. The number of rotatable bonds is 9. The van der Waals surface area contributed by atoms with Crippen LogP contribution in [0.15, 0.2) is 29.4 Å². The fourth-order valence-corrected chi connectivity index (χ4v) is 5.05. The molecule has 2 atom stereocenters. The summed E-state index contributed by atoms with van der Waals surface area (Å²) in [6.45, 7) is 2.01. The van der Waals surface area contributed by atoms with E-state index >= 15 is 0 Å². The molecule has 1 aromatic carbocycles. The number of methoxy groups -OCH3 is 1. The summed E-state index contributed by atoms with van der Waals surface area (Å²) in [5.74, 6) is -2.61. The van der Waals surface area contributed by atoms with E-state index in [1.807, 2.05) is 12.1 Å². The third kappa shape index (κ3) is 6.88. The van der Waals surface area contributed by atoms with Crippen molar-refractivity contribution in [3.05, 3.63) is 29.4 Å². The number of carbonyl (C=O) groups excluding carboxylic acids is 3. The summed E-state index contributed by atoms with van der Waals surface area (Å²) in [5.41, 5.74) is 1.19. The average Bonchev–Trinajstić information content (AvgIpc) is 3.57. The Morgan fingerprint density at radius 1 is 1.23 bits per heavy atom. The first-order chi connectivity index (χ1) is 18.9. The fourth-order valence-electron chi connectivity index (χ4n) is 4.83. The monoisotopic (exact) mass is 556 g/mol. The summed E-state index contributed by atoms with van der Waals surface area (Å²) in [4.78, 5) is 50.3. The van der Waals surface area contributed by atoms with Gasteiger partial charge in [0.25, 0.3) is 0 Å². The quantitative estimate of drug-likeness (QED) is 0.209. The minimum absolute atomic E-state index is 0.00532. The maximum atomic E-state index is 13.6. The molecule has 2 aliphatic heterocycles. The molecule has 2 saturated heterocycles. The van der Waals surface area contributed by atoms with E-state index in [-0.39, 0.29) is 37.4 Å². The van der Waals surface area contributed by atoms with Gasteiger partial charge in [0.1, 0.15) is 18.5 Å². The Bertz CT molecular complexity index is 1270. The molecule has 2 aromatic rings. The Morgan fingerprint density at radius 2 is 2.00 bits per heavy atom. The van der Waals surface area contributed by atoms with Crippen molar-refractivity contribution < 1.29 is 23.9 Å². The number of aromatic nitrogens is 1. The molecule has 1 aromatic heterocycles. The van der Waals surface area contributed by atoms with Gasteiger partial charge in [0.15, 0.2) is 0 Å². The minimum atomic E-state index is -1.42. The predicted octanol–water partition coefficient (Wildman–Crippen LogP) is 2.96. The van der Waals surface area contributed by atoms with Crippen LogP contribution in [0.2, 0.25) is 5.02 Å². The number of nitrogens with zero attached hydrogens (tertiary/aromatic N) is 4. The molecule has 12 heteroatoms. The number of ether oxygens (including phenoxy) is 2. The van der Waals surface area contributed by atoms with Crippen LogP contribution in [0.3, 0.4) is 0 Å². The maximum absolute atomic E-state index is 13.6. The summed E-state index contributed by atoms with van der Waals surface area (Å²) in [7, 11) is 1.48. The molecule has 39 heavy (non-hydrogen) atoms. The molecule has 4 rings (SSSR count). The fraction of sp³-hybridized carbons (Fsp3) is 0.519. The number of nitrogens with one attached hydrogen (secondary N) is 2. The molecule has 0 radical (unpaired) electrons. The predicted molar refractivity (Wildman–Crippen MR) is 146 cm³/mol. The van der Waals surface area contributed by atoms with E-state index in [1.54, 1.807) is 28.1 Å². The smallest absolute Gasteiger partial charge is 0.331 e. The zero-order valence-electron chi connectivity index (χ0n) is 22.0. The van der Waals surface area contributed by atoms with Gasteiger partial charge < -0.3 is 29.6 Å². The Kier molecular flexibility index (Phi) is 9.79. The molecule has 0 spiro atoms. The average molecular weight is 557 g/mol. The molecule has 2 fully saturated rings. The van der Waals surface area contributed by atoms with Crippen LogP contribution < -0.4 is 5.32 Å². The van der Waals surface area contributed by atoms with Gasteiger partial charge in [0.2, 0.25) is 17.7 Å². The van der Waals surface area contributed by atoms with Crippen LogP contribution in [-0.4, -0.2) is 90.9 Å². The van der Waals surface area contributed by atoms with Crippen molar-refractivity contribution in [2.24, 2.45) is 10.9 Å². The lowest BCUT2D eigenvalue weighted by Crippen LogP contribution is -2.45. The summed E-state index contributed by atoms with van der Waals surface area (Å²) >= 11 is 6.28. The van der Waals surface area contributed by atoms with Gasteiger partial charge in [-0.1, -0.05) is 23.7 Å². The van der Waals surface area contributed by atoms with Crippen molar-refractivity contribution >= 4 is 51.8 Å². The lowest BCUT2D eigenvalue weighted by molar-refractivity contribution is -0.145. The number of aromatic amines is 1. The molecule has 0 aliphatic carbocycles. The number of amides is 2. The van der Waals surface area contributed by atoms with E-state index in [0.29, 0.717) is 48.7 Å². The van der Waals surface area contributed by atoms with Crippen molar-refractivity contribution in [1.29, 1.82) is 5.26 Å². The number of halogens is 1. The first-order valence-electron chi connectivity index (χ1n) is 13.1. The highest BCUT2D eigenvalue weighted by molar-refractivity contribution is 6.36. The van der Waals surface area contributed by atoms with E-state index in [0.717, 1.165) is 24.6 Å². The lowest BCUT2D eigenvalue weighted by atomic mass is 10.1. The number of nitriles is 1. The first-order valence-corrected chi connectivity index (χ1v) is 13.5. The largest absolute Gasteiger partial charge is 0.462 e. The number of anilines is 1. The number of para-hydroxylation sites is 1. The summed E-state index contributed by atoms with van der Waals surface area (Å²) in [6.07, 6.45) is 5.44. The molecule has 11 nitrogen and oxygen atoms in total. The van der Waals surface area contributed by atoms with Crippen LogP contribution in [0.4, 0.5) is 5.69 Å². The molecule has 1 unspecified atom stereocenters. The van der Waals surface area contributed by atoms with Crippen LogP contribution in [0.1, 0.15) is 32.1 Å². The number of hydrogen-bond donors (Lipinski definition) is 2. The first kappa shape index (κ1) is 28.4. The molecule has 208 valence electrons. The molecule has 2 aliphatic rings. The van der Waals surface area contributed by atoms with Crippen LogP contribution >= 0.6 is 11.6 Å². The number of aliphatic imine (C=N–C) groups is 1. The normalized spacial score (nSPS) is 19.1. The van der Waals surface area contributed by atoms with Gasteiger partial charge in [-0.3, -0.25) is 19.4 Å². The third-order valence-corrected chi connectivity index (χ3v) is 7.24. The van der Waals surface area contributed by atoms with Gasteiger partial charge >= 0.3 is 5.97 Å². The van der Waals surface area contributed by atoms with E-state index < -0.39 is 17.9 Å². The number of esters is 1. The number of hydrogen-bond acceptors (Lipinski definition) is 7. The highest BCUT2D eigenvalue weighted by Crippen LogP contribution is 2.29. The van der Waals surface area contributed by atoms with Gasteiger partial charge in [-0.15, -0.1) is 0 Å². The second-order valence-corrected chi connectivity index (χ2v) is 9.99. The second kappa shape index (κ2) is 13.4. The number of likely N-dealkylation sites (tertiary alicyclic amines) is 2. The van der Waals surface area contributed by atoms with Crippen molar-refractivity contribution in [1.82, 2.24) is 14.8 Å². The van der Waals surface area contributed by atoms with Crippen molar-refractivity contribution in [3.8, 4) is 6.07 Å². The van der Waals surface area contributed by atoms with Crippen LogP contribution in [0, 0.1) is 17.2 Å². The number of carbonyl (C=O) groups is 3. The van der Waals surface area contributed by atoms with E-state index in [2.05, 4.69) is 15.3 Å². The Balaban J connectivity index is 1.64. The molecular formula is C27H33ClN6O5. The van der Waals surface area contributed by atoms with Gasteiger partial charge in [0.05, 0.1) is 35.4 Å². The highest BCUT2D eigenvalue weighted by atomic mass is 35.5. The number of benzene rings is 1. The van der Waals surface area contributed by atoms with E-state index in [9.17, 15) is 19.6 Å². The maximum Gasteiger partial charge on any atom is 0.331 e. The molecule has 0 bridgehead atoms. The minimum Gasteiger partial charge on any atom is -0.462 e. The molecular weight excluding hydrogens is 524 g/mol. The summed E-state index contributed by atoms with van der Waals surface area (Å²) in [6, 6.07) is 6.48. The summed E-state index contributed by atoms with van der Waals surface area (Å²) in [5, 5.41) is 14.3. The number of fused-ring (bicyclic) bond motifs is 1. The third-order valence-electron chi connectivity index (χ3n) is 6.93. The topological polar surface area (TPSA) is 140 Å². The summed E-state index contributed by atoms with van der Waals surface area (Å²) < 4.78 is 10.2. The van der Waals surface area contributed by atoms with Crippen LogP contribution in [0.25, 0.3) is 10.9 Å². The Morgan fingerprint density at radius 3 is 2.74 bits per heavy atom. The molecule has 2 amide bonds. The van der Waals surface area contributed by atoms with Gasteiger partial charge in [0, 0.05) is 38.3 Å². The highest BCUT2D eigenvalue weighted by Gasteiger charge is 2.33. The zero-order valence-corrected chi connectivity index (χ0v) is 22.7. The van der Waals surface area contributed by atoms with E-state index in [1.165, 1.54) is 7.11 Å². The van der Waals surface area contributed by atoms with Crippen LogP contribution in [0.5, 0.6) is 0 Å². The standard InChI is InChI=1S/C27H33ClN6O5/c1-38-13-14-39-27(37)19(15-29)25(31-21-9-6-7-18-20(28)16-30-24(18)21)32-22-8-2-3-12-34(26(22)36)17-23(35)33-10-4-5-11-33/h6-7,9,16,19,22,30H,2-5,8,10-14,17H2,1H3,(H,31,32)/t19?,22-/m0/s1. The van der Waals surface area contributed by atoms with Crippen molar-refractivity contribution in [2.45, 2.75) is 38.1 Å². The van der Waals surface area contributed by atoms with Gasteiger partial charge in [-0.2, -0.15) is 5.26 Å². The lowest BCUT2D eigenvalue weighted by Gasteiger charge is -2.25. The van der Waals surface area contributed by atoms with Crippen LogP contribution in [-0.2, 0) is 23.9 Å². The van der Waals surface area contributed by atoms with Crippen molar-refractivity contribution in [2.75, 3.05) is 51.8 Å². The number of H-pyrrole nitrogens is 1. The van der Waals surface area contributed by atoms with Crippen molar-refractivity contribution in [3.63, 3.8) is 0 Å².